The van der Waals surface area contributed by atoms with E-state index in [0.717, 1.165) is 12.1 Å². The lowest BCUT2D eigenvalue weighted by Crippen LogP contribution is -2.56. The molecule has 0 saturated carbocycles. The van der Waals surface area contributed by atoms with Crippen molar-refractivity contribution in [2.75, 3.05) is 26.3 Å². The van der Waals surface area contributed by atoms with Gasteiger partial charge in [0.25, 0.3) is 0 Å². The lowest BCUT2D eigenvalue weighted by atomic mass is 9.97. The molecule has 0 spiro atoms. The maximum Gasteiger partial charge on any atom is 0.220 e. The topological polar surface area (TPSA) is 64.8 Å². The first kappa shape index (κ1) is 20.0. The van der Waals surface area contributed by atoms with Crippen LogP contribution in [-0.2, 0) is 16.1 Å². The Labute approximate surface area is 168 Å². The molecule has 1 amide bonds. The number of hydrogen-bond acceptors (Lipinski definition) is 4. The first-order valence-electron chi connectivity index (χ1n) is 8.72. The van der Waals surface area contributed by atoms with Gasteiger partial charge in [0.1, 0.15) is 18.0 Å². The molecule has 3 rings (SSSR count). The van der Waals surface area contributed by atoms with Crippen molar-refractivity contribution in [3.05, 3.63) is 64.1 Å². The number of nitrogens with two attached hydrogens (primary N) is 1. The number of benzene rings is 2. The van der Waals surface area contributed by atoms with E-state index < -0.39 is 11.5 Å². The highest BCUT2D eigenvalue weighted by Crippen LogP contribution is 2.26. The Kier molecular flexibility index (Phi) is 6.60. The van der Waals surface area contributed by atoms with Gasteiger partial charge in [0, 0.05) is 29.7 Å². The van der Waals surface area contributed by atoms with Crippen LogP contribution in [0.2, 0.25) is 10.0 Å². The Morgan fingerprint density at radius 2 is 1.93 bits per heavy atom. The second-order valence-electron chi connectivity index (χ2n) is 6.76. The van der Waals surface area contributed by atoms with Crippen LogP contribution in [0.5, 0.6) is 5.75 Å². The highest BCUT2D eigenvalue weighted by molar-refractivity contribution is 6.30. The molecule has 2 aromatic carbocycles. The Balaban J connectivity index is 1.71. The predicted molar refractivity (Wildman–Crippen MR) is 106 cm³/mol. The Bertz CT molecular complexity index is 802. The molecule has 1 atom stereocenters. The molecule has 1 aliphatic heterocycles. The molecule has 0 radical (unpaired) electrons. The van der Waals surface area contributed by atoms with Gasteiger partial charge in [-0.1, -0.05) is 41.4 Å². The lowest BCUT2D eigenvalue weighted by Gasteiger charge is -2.42. The van der Waals surface area contributed by atoms with Crippen molar-refractivity contribution < 1.29 is 14.3 Å². The number of carbonyl (C=O) groups is 1. The van der Waals surface area contributed by atoms with Gasteiger partial charge in [-0.2, -0.15) is 0 Å². The van der Waals surface area contributed by atoms with Crippen molar-refractivity contribution in [3.63, 3.8) is 0 Å². The lowest BCUT2D eigenvalue weighted by molar-refractivity contribution is -0.148. The quantitative estimate of drug-likeness (QED) is 0.760. The third kappa shape index (κ3) is 5.84. The highest BCUT2D eigenvalue weighted by atomic mass is 35.5. The minimum absolute atomic E-state index is 0.0829. The van der Waals surface area contributed by atoms with Crippen LogP contribution < -0.4 is 10.5 Å². The van der Waals surface area contributed by atoms with Gasteiger partial charge in [-0.05, 0) is 35.9 Å². The number of rotatable bonds is 7. The number of ether oxygens (including phenoxy) is 2. The van der Waals surface area contributed by atoms with Crippen molar-refractivity contribution in [1.29, 1.82) is 0 Å². The molecule has 2 aromatic rings. The Hall–Kier alpha value is -1.79. The molecule has 1 aliphatic rings. The van der Waals surface area contributed by atoms with E-state index in [1.165, 1.54) is 0 Å². The summed E-state index contributed by atoms with van der Waals surface area (Å²) in [7, 11) is 0. The van der Waals surface area contributed by atoms with Crippen molar-refractivity contribution in [2.24, 2.45) is 5.73 Å². The highest BCUT2D eigenvalue weighted by Gasteiger charge is 2.39. The minimum Gasteiger partial charge on any atom is -0.490 e. The van der Waals surface area contributed by atoms with Crippen molar-refractivity contribution in [1.82, 2.24) is 4.90 Å². The zero-order valence-corrected chi connectivity index (χ0v) is 16.4. The number of halogens is 2. The Morgan fingerprint density at radius 1 is 1.19 bits per heavy atom. The van der Waals surface area contributed by atoms with Gasteiger partial charge in [0.2, 0.25) is 5.91 Å². The molecular weight excluding hydrogens is 387 g/mol. The molecule has 0 unspecified atom stereocenters. The maximum atomic E-state index is 11.7. The van der Waals surface area contributed by atoms with Gasteiger partial charge in [0.15, 0.2) is 0 Å². The number of hydrogen-bond donors (Lipinski definition) is 1. The summed E-state index contributed by atoms with van der Waals surface area (Å²) in [5.74, 6) is 0.205. The summed E-state index contributed by atoms with van der Waals surface area (Å²) in [4.78, 5) is 13.9. The maximum absolute atomic E-state index is 11.7. The average molecular weight is 409 g/mol. The number of nitrogens with zero attached hydrogens (tertiary/aromatic N) is 1. The standard InChI is InChI=1S/C20H22Cl2N2O3/c21-16-4-1-3-15(9-16)12-24-7-8-27-20(13-24,11-19(23)25)14-26-18-6-2-5-17(22)10-18/h1-6,9-10H,7-8,11-14H2,(H2,23,25)/t20-/m1/s1. The van der Waals surface area contributed by atoms with E-state index in [-0.39, 0.29) is 13.0 Å². The SMILES string of the molecule is NC(=O)C[C@]1(COc2cccc(Cl)c2)CN(Cc2cccc(Cl)c2)CCO1. The molecule has 1 heterocycles. The van der Waals surface area contributed by atoms with Crippen LogP contribution in [-0.4, -0.2) is 42.7 Å². The van der Waals surface area contributed by atoms with E-state index in [2.05, 4.69) is 4.90 Å². The number of primary amides is 1. The summed E-state index contributed by atoms with van der Waals surface area (Å²) in [5, 5.41) is 1.29. The minimum atomic E-state index is -0.801. The molecule has 144 valence electrons. The van der Waals surface area contributed by atoms with Crippen LogP contribution in [0.3, 0.4) is 0 Å². The molecule has 0 aromatic heterocycles. The largest absolute Gasteiger partial charge is 0.490 e. The van der Waals surface area contributed by atoms with Gasteiger partial charge in [-0.15, -0.1) is 0 Å². The molecule has 0 bridgehead atoms. The molecule has 0 aliphatic carbocycles. The normalized spacial score (nSPS) is 20.4. The van der Waals surface area contributed by atoms with E-state index in [1.54, 1.807) is 12.1 Å². The zero-order chi connectivity index (χ0) is 19.3. The van der Waals surface area contributed by atoms with Gasteiger partial charge in [-0.25, -0.2) is 0 Å². The van der Waals surface area contributed by atoms with Crippen LogP contribution in [0.1, 0.15) is 12.0 Å². The fraction of sp³-hybridized carbons (Fsp3) is 0.350. The number of morpholine rings is 1. The third-order valence-corrected chi connectivity index (χ3v) is 4.89. The predicted octanol–water partition coefficient (Wildman–Crippen LogP) is 3.52. The summed E-state index contributed by atoms with van der Waals surface area (Å²) in [5.41, 5.74) is 5.79. The fourth-order valence-electron chi connectivity index (χ4n) is 3.29. The second-order valence-corrected chi connectivity index (χ2v) is 7.63. The van der Waals surface area contributed by atoms with E-state index >= 15 is 0 Å². The Morgan fingerprint density at radius 3 is 2.63 bits per heavy atom. The summed E-state index contributed by atoms with van der Waals surface area (Å²) in [6.07, 6.45) is 0.0829. The monoisotopic (exact) mass is 408 g/mol. The molecule has 1 fully saturated rings. The first-order valence-corrected chi connectivity index (χ1v) is 9.47. The van der Waals surface area contributed by atoms with Gasteiger partial charge in [-0.3, -0.25) is 9.69 Å². The average Bonchev–Trinajstić information content (AvgIpc) is 2.60. The summed E-state index contributed by atoms with van der Waals surface area (Å²) < 4.78 is 11.9. The van der Waals surface area contributed by atoms with Crippen molar-refractivity contribution in [2.45, 2.75) is 18.6 Å². The zero-order valence-electron chi connectivity index (χ0n) is 14.9. The van der Waals surface area contributed by atoms with Crippen molar-refractivity contribution >= 4 is 29.1 Å². The second kappa shape index (κ2) is 8.93. The summed E-state index contributed by atoms with van der Waals surface area (Å²) >= 11 is 12.1. The molecule has 7 heteroatoms. The van der Waals surface area contributed by atoms with E-state index in [9.17, 15) is 4.79 Å². The van der Waals surface area contributed by atoms with Crippen LogP contribution >= 0.6 is 23.2 Å². The van der Waals surface area contributed by atoms with Crippen molar-refractivity contribution in [3.8, 4) is 5.75 Å². The first-order chi connectivity index (χ1) is 12.9. The molecular formula is C20H22Cl2N2O3. The smallest absolute Gasteiger partial charge is 0.220 e. The molecule has 2 N–H and O–H groups in total. The van der Waals surface area contributed by atoms with E-state index in [4.69, 9.17) is 38.4 Å². The molecule has 1 saturated heterocycles. The number of carbonyl (C=O) groups excluding carboxylic acids is 1. The van der Waals surface area contributed by atoms with Gasteiger partial charge < -0.3 is 15.2 Å². The summed E-state index contributed by atoms with van der Waals surface area (Å²) in [6, 6.07) is 14.9. The molecule has 27 heavy (non-hydrogen) atoms. The van der Waals surface area contributed by atoms with Gasteiger partial charge >= 0.3 is 0 Å². The van der Waals surface area contributed by atoms with E-state index in [0.29, 0.717) is 35.5 Å². The third-order valence-electron chi connectivity index (χ3n) is 4.42. The summed E-state index contributed by atoms with van der Waals surface area (Å²) in [6.45, 7) is 2.70. The van der Waals surface area contributed by atoms with Crippen LogP contribution in [0.25, 0.3) is 0 Å². The van der Waals surface area contributed by atoms with Crippen LogP contribution in [0.4, 0.5) is 0 Å². The van der Waals surface area contributed by atoms with Gasteiger partial charge in [0.05, 0.1) is 13.0 Å². The van der Waals surface area contributed by atoms with E-state index in [1.807, 2.05) is 36.4 Å². The molecule has 5 nitrogen and oxygen atoms in total. The fourth-order valence-corrected chi connectivity index (χ4v) is 3.68. The van der Waals surface area contributed by atoms with Crippen LogP contribution in [0, 0.1) is 0 Å². The number of amides is 1. The van der Waals surface area contributed by atoms with Crippen LogP contribution in [0.15, 0.2) is 48.5 Å².